The first-order valence-electron chi connectivity index (χ1n) is 44.5. The maximum absolute atomic E-state index is 6.71. The molecular formula is C99H155ClLi3Si4+3. The van der Waals surface area contributed by atoms with Crippen molar-refractivity contribution in [2.45, 2.75) is 342 Å². The van der Waals surface area contributed by atoms with Crippen molar-refractivity contribution in [2.24, 2.45) is 82.9 Å². The molecule has 0 amide bonds. The van der Waals surface area contributed by atoms with Crippen molar-refractivity contribution in [1.82, 2.24) is 0 Å². The fraction of sp³-hybridized carbons (Fsp3) is 0.677. The number of fused-ring (bicyclic) bond motifs is 7. The predicted octanol–water partition coefficient (Wildman–Crippen LogP) is 22.9. The molecule has 10 aliphatic rings. The standard InChI is InChI=1S/C26H48Si.C26H32Si.C17H26Si.C16H23ClSi.C14H26.3Li/c2*1-6-11-18(2)24-17-26(23-15-10-8-13-21(23)24)27(4,5)25-16-19(3)20-12-7-9-14-22(20)25;1-6-9-13(2)16-12-17(18(3,4)5)15-11-8-7-10-14(15)16;1-5-8-12(2)15-11-16(18(3,4)17)14-10-7-6-9-13(14)15;1-3-6-11(2)13-10-9-12-7-4-5-8-14(12)13;;;/h18-26H,6-17H2,1-5H3;7-10,12-18,25-26H,6,11H2,1-5H3;7-8,10-13,17H,6,9H2,1-5H3;6-7,9-12,16H,5,8H2,1-4H3;11-14H,3-10H2,1-2H3;;;/q;;;;;3*+1. The smallest absolute Gasteiger partial charge is 0.167 e. The summed E-state index contributed by atoms with van der Waals surface area (Å²) in [6.07, 6.45) is 48.6. The minimum atomic E-state index is -1.69. The van der Waals surface area contributed by atoms with E-state index in [4.69, 9.17) is 11.1 Å². The third-order valence-corrected chi connectivity index (χ3v) is 44.8. The molecule has 574 valence electrons. The number of benzene rings is 4. The van der Waals surface area contributed by atoms with Crippen molar-refractivity contribution in [2.75, 3.05) is 0 Å². The first kappa shape index (κ1) is 93.0. The average molecular weight is 1510 g/mol. The third kappa shape index (κ3) is 21.3. The van der Waals surface area contributed by atoms with E-state index in [1.807, 2.05) is 0 Å². The maximum Gasteiger partial charge on any atom is 1.00 e. The summed E-state index contributed by atoms with van der Waals surface area (Å²) in [6.45, 7) is 51.7. The van der Waals surface area contributed by atoms with Crippen LogP contribution in [0.25, 0.3) is 22.3 Å². The molecule has 20 atom stereocenters. The van der Waals surface area contributed by atoms with Crippen LogP contribution in [-0.2, 0) is 0 Å². The summed E-state index contributed by atoms with van der Waals surface area (Å²) in [5, 5.41) is 0. The molecule has 4 aromatic rings. The molecule has 0 spiro atoms. The Labute approximate surface area is 706 Å². The fourth-order valence-corrected chi connectivity index (χ4v) is 38.2. The molecule has 0 saturated heterocycles. The van der Waals surface area contributed by atoms with E-state index in [9.17, 15) is 0 Å². The molecule has 0 N–H and O–H groups in total. The van der Waals surface area contributed by atoms with Crippen LogP contribution in [0.5, 0.6) is 0 Å². The van der Waals surface area contributed by atoms with Gasteiger partial charge in [-0.2, -0.15) is 11.1 Å². The van der Waals surface area contributed by atoms with Crippen molar-refractivity contribution in [1.29, 1.82) is 0 Å². The Hall–Kier alpha value is -1.21. The van der Waals surface area contributed by atoms with Gasteiger partial charge in [-0.1, -0.05) is 359 Å². The minimum absolute atomic E-state index is 0. The summed E-state index contributed by atoms with van der Waals surface area (Å²) in [5.41, 5.74) is 23.1. The van der Waals surface area contributed by atoms with Gasteiger partial charge in [0.2, 0.25) is 0 Å². The number of hydrogen-bond donors (Lipinski definition) is 0. The van der Waals surface area contributed by atoms with Crippen molar-refractivity contribution >= 4 is 65.0 Å². The first-order valence-corrected chi connectivity index (χ1v) is 58.5. The molecule has 0 aliphatic heterocycles. The minimum Gasteiger partial charge on any atom is -0.167 e. The molecule has 14 rings (SSSR count). The normalized spacial score (nSPS) is 29.3. The molecule has 8 heteroatoms. The van der Waals surface area contributed by atoms with Crippen LogP contribution in [-0.4, -0.2) is 31.6 Å². The van der Waals surface area contributed by atoms with E-state index in [1.165, 1.54) is 129 Å². The second-order valence-corrected chi connectivity index (χ2v) is 61.7. The molecule has 4 aromatic carbocycles. The van der Waals surface area contributed by atoms with Gasteiger partial charge in [-0.15, -0.1) is 0 Å². The summed E-state index contributed by atoms with van der Waals surface area (Å²) in [4.78, 5) is 0. The molecule has 20 unspecified atom stereocenters. The Balaban J connectivity index is 0.000000189. The maximum atomic E-state index is 6.71. The molecule has 0 bridgehead atoms. The molecular weight excluding hydrogens is 1360 g/mol. The van der Waals surface area contributed by atoms with Gasteiger partial charge < -0.3 is 0 Å². The Bertz CT molecular complexity index is 3440. The molecule has 6 saturated carbocycles. The summed E-state index contributed by atoms with van der Waals surface area (Å²) in [6, 6.07) is 36.2. The quantitative estimate of drug-likeness (QED) is 0.0576. The van der Waals surface area contributed by atoms with Crippen LogP contribution in [0.3, 0.4) is 0 Å². The van der Waals surface area contributed by atoms with Gasteiger partial charge in [0.25, 0.3) is 0 Å². The number of hydrogen-bond acceptors (Lipinski definition) is 0. The van der Waals surface area contributed by atoms with Crippen LogP contribution in [0, 0.1) is 82.9 Å². The second-order valence-electron chi connectivity index (χ2n) is 39.6. The first-order chi connectivity index (χ1) is 49.6. The third-order valence-electron chi connectivity index (χ3n) is 30.5. The van der Waals surface area contributed by atoms with E-state index in [2.05, 4.69) is 263 Å². The second kappa shape index (κ2) is 41.6. The number of halogens is 1. The van der Waals surface area contributed by atoms with Crippen LogP contribution in [0.1, 0.15) is 317 Å². The molecule has 10 aliphatic carbocycles. The summed E-state index contributed by atoms with van der Waals surface area (Å²) in [5.74, 6) is 13.9. The van der Waals surface area contributed by atoms with E-state index in [0.29, 0.717) is 39.9 Å². The number of rotatable bonds is 21. The van der Waals surface area contributed by atoms with E-state index in [-0.39, 0.29) is 56.6 Å². The topological polar surface area (TPSA) is 0 Å². The van der Waals surface area contributed by atoms with E-state index in [1.54, 1.807) is 105 Å². The SMILES string of the molecule is CCCC(C)C1=CC([Si](C)(C)C)c2ccccc21.CCCC(C)C1=CC([Si](C)(C)C2C=C(C)c3ccccc32)c2ccccc21.CCCC(C)C1=CC([Si](C)(C)Cl)c2ccccc21.CCCC(C)C1CC([Si](C)(C)C2CC(C)C3CCCCC32)C2CCCCC12.CCCC(C)C1CCC2CCCCC21.[Li+].[Li+].[Li+]. The van der Waals surface area contributed by atoms with Gasteiger partial charge in [-0.3, -0.25) is 0 Å². The van der Waals surface area contributed by atoms with Gasteiger partial charge in [0.1, 0.15) is 0 Å². The largest absolute Gasteiger partial charge is 1.00 e. The summed E-state index contributed by atoms with van der Waals surface area (Å²) in [7, 11) is -5.70. The Morgan fingerprint density at radius 1 is 0.364 bits per heavy atom. The van der Waals surface area contributed by atoms with Crippen LogP contribution in [0.15, 0.2) is 121 Å². The predicted molar refractivity (Wildman–Crippen MR) is 475 cm³/mol. The van der Waals surface area contributed by atoms with Crippen LogP contribution < -0.4 is 56.6 Å². The Morgan fingerprint density at radius 3 is 1.19 bits per heavy atom. The molecule has 0 radical (unpaired) electrons. The van der Waals surface area contributed by atoms with Crippen molar-refractivity contribution in [3.8, 4) is 0 Å². The van der Waals surface area contributed by atoms with E-state index in [0.717, 1.165) is 76.2 Å². The molecule has 0 heterocycles. The van der Waals surface area contributed by atoms with Crippen molar-refractivity contribution < 1.29 is 56.6 Å². The van der Waals surface area contributed by atoms with Crippen molar-refractivity contribution in [3.63, 3.8) is 0 Å². The number of allylic oxidation sites excluding steroid dienone is 8. The van der Waals surface area contributed by atoms with Gasteiger partial charge in [0.05, 0.1) is 24.2 Å². The zero-order valence-electron chi connectivity index (χ0n) is 73.9. The zero-order valence-corrected chi connectivity index (χ0v) is 78.6. The van der Waals surface area contributed by atoms with Gasteiger partial charge in [-0.05, 0) is 248 Å². The van der Waals surface area contributed by atoms with Gasteiger partial charge in [-0.25, -0.2) is 0 Å². The van der Waals surface area contributed by atoms with E-state index < -0.39 is 31.6 Å². The molecule has 0 nitrogen and oxygen atoms in total. The van der Waals surface area contributed by atoms with Gasteiger partial charge in [0.15, 0.2) is 7.38 Å². The van der Waals surface area contributed by atoms with Crippen LogP contribution >= 0.6 is 11.1 Å². The average Bonchev–Trinajstić information content (AvgIpc) is 1.59. The molecule has 107 heavy (non-hydrogen) atoms. The monoisotopic (exact) mass is 1510 g/mol. The summed E-state index contributed by atoms with van der Waals surface area (Å²) >= 11 is 6.71. The molecule has 0 aromatic heterocycles. The summed E-state index contributed by atoms with van der Waals surface area (Å²) < 4.78 is 0. The Morgan fingerprint density at radius 2 is 0.720 bits per heavy atom. The van der Waals surface area contributed by atoms with Crippen LogP contribution in [0.2, 0.25) is 70.0 Å². The zero-order chi connectivity index (χ0) is 75.0. The van der Waals surface area contributed by atoms with Crippen molar-refractivity contribution in [3.05, 3.63) is 166 Å². The molecule has 6 fully saturated rings. The van der Waals surface area contributed by atoms with Gasteiger partial charge in [0, 0.05) is 5.54 Å². The van der Waals surface area contributed by atoms with Crippen LogP contribution in [0.4, 0.5) is 0 Å². The van der Waals surface area contributed by atoms with E-state index >= 15 is 0 Å². The fourth-order valence-electron chi connectivity index (χ4n) is 25.0. The Kier molecular flexibility index (Phi) is 36.1. The van der Waals surface area contributed by atoms with Gasteiger partial charge >= 0.3 is 56.6 Å².